The molecule has 250 valence electrons. The Labute approximate surface area is 308 Å². The van der Waals surface area contributed by atoms with E-state index in [0.717, 1.165) is 0 Å². The van der Waals surface area contributed by atoms with Gasteiger partial charge in [-0.2, -0.15) is 0 Å². The van der Waals surface area contributed by atoms with Crippen LogP contribution in [0.3, 0.4) is 0 Å². The molecule has 0 spiro atoms. The second-order valence-corrected chi connectivity index (χ2v) is 14.5. The summed E-state index contributed by atoms with van der Waals surface area (Å²) in [6.45, 7) is 4.57. The number of nitrogens with zero attached hydrogens (tertiary/aromatic N) is 2. The third-order valence-electron chi connectivity index (χ3n) is 11.9. The van der Waals surface area contributed by atoms with Crippen LogP contribution < -0.4 is 0 Å². The van der Waals surface area contributed by atoms with Crippen molar-refractivity contribution in [2.45, 2.75) is 19.3 Å². The molecule has 1 atom stereocenters. The van der Waals surface area contributed by atoms with Gasteiger partial charge < -0.3 is 9.13 Å². The van der Waals surface area contributed by atoms with E-state index in [9.17, 15) is 0 Å². The largest absolute Gasteiger partial charge is 0.309 e. The smallest absolute Gasteiger partial charge is 0.0720 e. The van der Waals surface area contributed by atoms with Crippen LogP contribution in [-0.4, -0.2) is 9.13 Å². The van der Waals surface area contributed by atoms with Crippen LogP contribution in [0.2, 0.25) is 0 Å². The van der Waals surface area contributed by atoms with E-state index in [-0.39, 0.29) is 0 Å². The van der Waals surface area contributed by atoms with Gasteiger partial charge in [-0.3, -0.25) is 0 Å². The van der Waals surface area contributed by atoms with Crippen molar-refractivity contribution in [1.82, 2.24) is 9.13 Å². The number of benzene rings is 8. The molecule has 0 amide bonds. The first-order valence-electron chi connectivity index (χ1n) is 18.5. The molecule has 0 fully saturated rings. The third kappa shape index (κ3) is 3.98. The summed E-state index contributed by atoms with van der Waals surface area (Å²) in [6.07, 6.45) is 0. The van der Waals surface area contributed by atoms with Crippen LogP contribution >= 0.6 is 0 Å². The number of aromatic nitrogens is 2. The summed E-state index contributed by atoms with van der Waals surface area (Å²) in [4.78, 5) is 0. The van der Waals surface area contributed by atoms with Crippen molar-refractivity contribution in [2.24, 2.45) is 0 Å². The van der Waals surface area contributed by atoms with E-state index in [4.69, 9.17) is 0 Å². The number of aryl methyl sites for hydroxylation is 2. The number of para-hydroxylation sites is 4. The van der Waals surface area contributed by atoms with Crippen LogP contribution in [-0.2, 0) is 5.41 Å². The van der Waals surface area contributed by atoms with E-state index in [0.29, 0.717) is 0 Å². The van der Waals surface area contributed by atoms with Crippen molar-refractivity contribution in [1.29, 1.82) is 0 Å². The highest BCUT2D eigenvalue weighted by Gasteiger charge is 2.48. The van der Waals surface area contributed by atoms with E-state index in [1.807, 2.05) is 0 Å². The first kappa shape index (κ1) is 30.0. The van der Waals surface area contributed by atoms with Gasteiger partial charge in [0.1, 0.15) is 0 Å². The standard InChI is InChI=1S/C51H36N2/c1-33-16-3-9-22-41(33)51(44-32-35(31-30-34(44)2)52-45-25-11-5-17-36(45)37-18-6-12-26-46(37)52)42-23-10-4-21-40(42)50-43(51)24-15-29-49(50)53-47-27-13-7-19-38(47)39-20-8-14-28-48(39)53/h3-32H,1-2H3. The van der Waals surface area contributed by atoms with E-state index in [1.165, 1.54) is 99.5 Å². The topological polar surface area (TPSA) is 9.86 Å². The molecule has 2 nitrogen and oxygen atoms in total. The van der Waals surface area contributed by atoms with Crippen molar-refractivity contribution in [3.05, 3.63) is 215 Å². The van der Waals surface area contributed by atoms with Crippen molar-refractivity contribution in [3.63, 3.8) is 0 Å². The highest BCUT2D eigenvalue weighted by Crippen LogP contribution is 2.59. The highest BCUT2D eigenvalue weighted by molar-refractivity contribution is 6.11. The summed E-state index contributed by atoms with van der Waals surface area (Å²) in [5, 5.41) is 5.08. The monoisotopic (exact) mass is 676 g/mol. The molecule has 11 rings (SSSR count). The van der Waals surface area contributed by atoms with E-state index >= 15 is 0 Å². The Bertz CT molecular complexity index is 2990. The van der Waals surface area contributed by atoms with Crippen LogP contribution in [0.4, 0.5) is 0 Å². The van der Waals surface area contributed by atoms with Crippen LogP contribution in [0.15, 0.2) is 182 Å². The fourth-order valence-electron chi connectivity index (χ4n) is 9.75. The molecular weight excluding hydrogens is 641 g/mol. The molecule has 0 saturated carbocycles. The Morgan fingerprint density at radius 3 is 1.43 bits per heavy atom. The van der Waals surface area contributed by atoms with Gasteiger partial charge in [-0.05, 0) is 95.3 Å². The van der Waals surface area contributed by atoms with E-state index in [2.05, 4.69) is 205 Å². The Morgan fingerprint density at radius 1 is 0.358 bits per heavy atom. The SMILES string of the molecule is Cc1ccccc1C1(c2cc(-n3c4ccccc4c4ccccc43)ccc2C)c2ccccc2-c2c(-n3c4ccccc4c4ccccc43)cccc21. The molecule has 8 aromatic carbocycles. The minimum absolute atomic E-state index is 0.565. The third-order valence-corrected chi connectivity index (χ3v) is 11.9. The second kappa shape index (κ2) is 11.2. The highest BCUT2D eigenvalue weighted by atomic mass is 15.0. The van der Waals surface area contributed by atoms with Gasteiger partial charge in [0.2, 0.25) is 0 Å². The molecule has 1 aliphatic rings. The lowest BCUT2D eigenvalue weighted by atomic mass is 9.65. The summed E-state index contributed by atoms with van der Waals surface area (Å²) in [5.74, 6) is 0. The van der Waals surface area contributed by atoms with Gasteiger partial charge in [0, 0.05) is 32.8 Å². The molecule has 1 unspecified atom stereocenters. The number of rotatable bonds is 4. The Morgan fingerprint density at radius 2 is 0.830 bits per heavy atom. The predicted molar refractivity (Wildman–Crippen MR) is 222 cm³/mol. The fraction of sp³-hybridized carbons (Fsp3) is 0.0588. The maximum atomic E-state index is 2.50. The zero-order valence-corrected chi connectivity index (χ0v) is 29.7. The first-order valence-corrected chi connectivity index (χ1v) is 18.5. The number of fused-ring (bicyclic) bond motifs is 9. The van der Waals surface area contributed by atoms with Crippen LogP contribution in [0.25, 0.3) is 66.1 Å². The molecule has 0 saturated heterocycles. The quantitative estimate of drug-likeness (QED) is 0.176. The molecule has 0 N–H and O–H groups in total. The molecule has 0 bridgehead atoms. The summed E-state index contributed by atoms with van der Waals surface area (Å²) < 4.78 is 4.95. The maximum absolute atomic E-state index is 2.50. The molecule has 2 heteroatoms. The molecule has 2 heterocycles. The number of hydrogen-bond donors (Lipinski definition) is 0. The van der Waals surface area contributed by atoms with Crippen LogP contribution in [0.5, 0.6) is 0 Å². The minimum atomic E-state index is -0.565. The van der Waals surface area contributed by atoms with E-state index in [1.54, 1.807) is 0 Å². The Balaban J connectivity index is 1.29. The Hall–Kier alpha value is -6.64. The predicted octanol–water partition coefficient (Wildman–Crippen LogP) is 12.9. The minimum Gasteiger partial charge on any atom is -0.309 e. The Kier molecular flexibility index (Phi) is 6.33. The molecule has 0 radical (unpaired) electrons. The summed E-state index contributed by atoms with van der Waals surface area (Å²) >= 11 is 0. The van der Waals surface area contributed by atoms with Gasteiger partial charge in [-0.15, -0.1) is 0 Å². The van der Waals surface area contributed by atoms with Gasteiger partial charge in [0.25, 0.3) is 0 Å². The zero-order valence-electron chi connectivity index (χ0n) is 29.7. The van der Waals surface area contributed by atoms with Crippen LogP contribution in [0, 0.1) is 13.8 Å². The molecule has 2 aromatic heterocycles. The summed E-state index contributed by atoms with van der Waals surface area (Å²) in [5.41, 5.74) is 17.1. The van der Waals surface area contributed by atoms with Gasteiger partial charge in [0.05, 0.1) is 33.2 Å². The van der Waals surface area contributed by atoms with Gasteiger partial charge >= 0.3 is 0 Å². The van der Waals surface area contributed by atoms with Gasteiger partial charge in [-0.1, -0.05) is 140 Å². The van der Waals surface area contributed by atoms with Crippen molar-refractivity contribution >= 4 is 43.6 Å². The average molecular weight is 677 g/mol. The van der Waals surface area contributed by atoms with Gasteiger partial charge in [0.15, 0.2) is 0 Å². The lowest BCUT2D eigenvalue weighted by Crippen LogP contribution is -2.30. The van der Waals surface area contributed by atoms with Crippen molar-refractivity contribution < 1.29 is 0 Å². The molecule has 1 aliphatic carbocycles. The normalized spacial score (nSPS) is 15.1. The molecule has 53 heavy (non-hydrogen) atoms. The van der Waals surface area contributed by atoms with E-state index < -0.39 is 5.41 Å². The maximum Gasteiger partial charge on any atom is 0.0720 e. The lowest BCUT2D eigenvalue weighted by molar-refractivity contribution is 0.752. The molecule has 0 aliphatic heterocycles. The molecule has 10 aromatic rings. The van der Waals surface area contributed by atoms with Crippen molar-refractivity contribution in [2.75, 3.05) is 0 Å². The van der Waals surface area contributed by atoms with Gasteiger partial charge in [-0.25, -0.2) is 0 Å². The van der Waals surface area contributed by atoms with Crippen molar-refractivity contribution in [3.8, 4) is 22.5 Å². The first-order chi connectivity index (χ1) is 26.2. The average Bonchev–Trinajstić information content (AvgIpc) is 3.83. The fourth-order valence-corrected chi connectivity index (χ4v) is 9.75. The summed E-state index contributed by atoms with van der Waals surface area (Å²) in [7, 11) is 0. The number of hydrogen-bond acceptors (Lipinski definition) is 0. The zero-order chi connectivity index (χ0) is 35.3. The van der Waals surface area contributed by atoms with Crippen LogP contribution in [0.1, 0.15) is 33.4 Å². The second-order valence-electron chi connectivity index (χ2n) is 14.5. The lowest BCUT2D eigenvalue weighted by Gasteiger charge is -2.36. The summed E-state index contributed by atoms with van der Waals surface area (Å²) in [6, 6.07) is 67.6. The molecular formula is C51H36N2.